The van der Waals surface area contributed by atoms with Gasteiger partial charge in [0.25, 0.3) is 0 Å². The van der Waals surface area contributed by atoms with E-state index in [4.69, 9.17) is 0 Å². The summed E-state index contributed by atoms with van der Waals surface area (Å²) < 4.78 is 0. The minimum absolute atomic E-state index is 1.17. The largest absolute Gasteiger partial charge is 0.310 e. The smallest absolute Gasteiger partial charge is 0.0546 e. The molecule has 0 aliphatic carbocycles. The molecule has 0 amide bonds. The zero-order valence-electron chi connectivity index (χ0n) is 36.2. The lowest BCUT2D eigenvalue weighted by Gasteiger charge is -2.31. The molecule has 8 aromatic rings. The average molecular weight is 745 g/mol. The molecular formula is C55H56N2. The topological polar surface area (TPSA) is 6.48 Å². The third-order valence-electron chi connectivity index (χ3n) is 13.2. The monoisotopic (exact) mass is 744 g/mol. The lowest BCUT2D eigenvalue weighted by Crippen LogP contribution is -2.13. The van der Waals surface area contributed by atoms with Crippen LogP contribution in [-0.4, -0.2) is 0 Å². The number of rotatable bonds is 6. The fraction of sp³-hybridized carbons (Fsp3) is 0.236. The fourth-order valence-corrected chi connectivity index (χ4v) is 8.49. The molecule has 8 aromatic carbocycles. The van der Waals surface area contributed by atoms with Crippen molar-refractivity contribution in [2.24, 2.45) is 0 Å². The Morgan fingerprint density at radius 1 is 0.228 bits per heavy atom. The third-order valence-corrected chi connectivity index (χ3v) is 13.2. The molecule has 2 heteroatoms. The fourth-order valence-electron chi connectivity index (χ4n) is 8.49. The van der Waals surface area contributed by atoms with E-state index in [-0.39, 0.29) is 0 Å². The van der Waals surface area contributed by atoms with Crippen molar-refractivity contribution in [2.75, 3.05) is 9.80 Å². The number of nitrogens with zero attached hydrogens (tertiary/aromatic N) is 2. The van der Waals surface area contributed by atoms with Crippen LogP contribution >= 0.6 is 0 Å². The molecule has 0 bridgehead atoms. The summed E-state index contributed by atoms with van der Waals surface area (Å²) >= 11 is 0. The van der Waals surface area contributed by atoms with E-state index in [0.717, 1.165) is 0 Å². The van der Waals surface area contributed by atoms with Crippen LogP contribution in [0.2, 0.25) is 0 Å². The summed E-state index contributed by atoms with van der Waals surface area (Å²) in [5.74, 6) is 0. The normalized spacial score (nSPS) is 11.6. The summed E-state index contributed by atoms with van der Waals surface area (Å²) in [6, 6.07) is 40.2. The predicted octanol–water partition coefficient (Wildman–Crippen LogP) is 16.1. The molecule has 0 radical (unpaired) electrons. The van der Waals surface area contributed by atoms with E-state index < -0.39 is 0 Å². The Morgan fingerprint density at radius 2 is 0.491 bits per heavy atom. The van der Waals surface area contributed by atoms with Crippen LogP contribution in [0.25, 0.3) is 32.3 Å². The molecule has 0 aromatic heterocycles. The molecule has 286 valence electrons. The van der Waals surface area contributed by atoms with Crippen molar-refractivity contribution in [3.8, 4) is 0 Å². The van der Waals surface area contributed by atoms with E-state index in [9.17, 15) is 0 Å². The summed E-state index contributed by atoms with van der Waals surface area (Å²) in [5.41, 5.74) is 23.9. The van der Waals surface area contributed by atoms with Gasteiger partial charge in [0.05, 0.1) is 11.4 Å². The van der Waals surface area contributed by atoms with Crippen LogP contribution in [-0.2, 0) is 0 Å². The van der Waals surface area contributed by atoms with E-state index in [1.54, 1.807) is 0 Å². The molecule has 0 aliphatic heterocycles. The first kappa shape index (κ1) is 38.0. The number of anilines is 6. The predicted molar refractivity (Wildman–Crippen MR) is 250 cm³/mol. The second kappa shape index (κ2) is 14.3. The van der Waals surface area contributed by atoms with Crippen LogP contribution in [0, 0.1) is 90.0 Å². The second-order valence-corrected chi connectivity index (χ2v) is 17.0. The number of aryl methyl sites for hydroxylation is 12. The van der Waals surface area contributed by atoms with Gasteiger partial charge in [0, 0.05) is 33.5 Å². The highest BCUT2D eigenvalue weighted by Gasteiger charge is 2.24. The summed E-state index contributed by atoms with van der Waals surface area (Å²) in [6.07, 6.45) is 0. The number of hydrogen-bond acceptors (Lipinski definition) is 2. The third kappa shape index (κ3) is 6.56. The first-order valence-electron chi connectivity index (χ1n) is 20.4. The highest BCUT2D eigenvalue weighted by molar-refractivity contribution is 6.25. The van der Waals surface area contributed by atoms with Gasteiger partial charge in [0.1, 0.15) is 0 Å². The van der Waals surface area contributed by atoms with E-state index in [1.165, 1.54) is 139 Å². The van der Waals surface area contributed by atoms with Crippen molar-refractivity contribution in [1.82, 2.24) is 0 Å². The molecule has 0 heterocycles. The zero-order chi connectivity index (χ0) is 40.6. The Hall–Kier alpha value is -5.86. The van der Waals surface area contributed by atoms with Gasteiger partial charge >= 0.3 is 0 Å². The molecular weight excluding hydrogens is 689 g/mol. The molecule has 0 spiro atoms. The maximum absolute atomic E-state index is 2.51. The minimum Gasteiger partial charge on any atom is -0.310 e. The van der Waals surface area contributed by atoms with Crippen molar-refractivity contribution >= 4 is 66.4 Å². The Bertz CT molecular complexity index is 2870. The van der Waals surface area contributed by atoms with Crippen molar-refractivity contribution in [3.05, 3.63) is 175 Å². The maximum Gasteiger partial charge on any atom is 0.0546 e. The average Bonchev–Trinajstić information content (AvgIpc) is 3.16. The molecule has 8 rings (SSSR count). The first-order valence-corrected chi connectivity index (χ1v) is 20.4. The molecule has 0 unspecified atom stereocenters. The highest BCUT2D eigenvalue weighted by atomic mass is 15.2. The van der Waals surface area contributed by atoms with Gasteiger partial charge in [-0.05, 0) is 257 Å². The van der Waals surface area contributed by atoms with E-state index in [2.05, 4.69) is 203 Å². The van der Waals surface area contributed by atoms with Crippen LogP contribution in [0.3, 0.4) is 0 Å². The van der Waals surface area contributed by atoms with Crippen LogP contribution < -0.4 is 9.80 Å². The Morgan fingerprint density at radius 3 is 0.825 bits per heavy atom. The van der Waals surface area contributed by atoms with Gasteiger partial charge in [-0.2, -0.15) is 0 Å². The molecule has 0 fully saturated rings. The van der Waals surface area contributed by atoms with Crippen LogP contribution in [0.5, 0.6) is 0 Å². The second-order valence-electron chi connectivity index (χ2n) is 17.0. The molecule has 57 heavy (non-hydrogen) atoms. The summed E-state index contributed by atoms with van der Waals surface area (Å²) in [7, 11) is 0. The number of fused-ring (bicyclic) bond motifs is 5. The van der Waals surface area contributed by atoms with E-state index in [0.29, 0.717) is 0 Å². The van der Waals surface area contributed by atoms with Crippen LogP contribution in [0.1, 0.15) is 72.3 Å². The quantitative estimate of drug-likeness (QED) is 0.156. The van der Waals surface area contributed by atoms with Gasteiger partial charge in [-0.15, -0.1) is 0 Å². The van der Waals surface area contributed by atoms with Crippen molar-refractivity contribution in [1.29, 1.82) is 0 Å². The van der Waals surface area contributed by atoms with E-state index in [1.807, 2.05) is 0 Å². The van der Waals surface area contributed by atoms with E-state index >= 15 is 0 Å². The molecule has 2 nitrogen and oxygen atoms in total. The maximum atomic E-state index is 2.51. The molecule has 0 saturated heterocycles. The van der Waals surface area contributed by atoms with Gasteiger partial charge in [0.2, 0.25) is 0 Å². The van der Waals surface area contributed by atoms with Crippen molar-refractivity contribution < 1.29 is 0 Å². The highest BCUT2D eigenvalue weighted by Crippen LogP contribution is 2.49. The van der Waals surface area contributed by atoms with Crippen molar-refractivity contribution in [3.63, 3.8) is 0 Å². The standard InChI is InChI=1S/C55H56N2/c1-31-14-17-44(20-34(31)4)56(45-18-15-32(2)35(5)21-45)54-29-50-49-26-38(8)40(10)28-53(49)55(30-51(50)48-25-37(7)39(9)27-52(48)54)57(46-19-16-33(3)36(6)22-46)47-23-41(11)43(13)42(12)24-47/h14-30H,1-13H3. The Kier molecular flexibility index (Phi) is 9.52. The Balaban J connectivity index is 1.55. The lowest BCUT2D eigenvalue weighted by molar-refractivity contribution is 1.21. The van der Waals surface area contributed by atoms with Crippen LogP contribution in [0.15, 0.2) is 103 Å². The van der Waals surface area contributed by atoms with Gasteiger partial charge in [-0.25, -0.2) is 0 Å². The first-order chi connectivity index (χ1) is 27.1. The minimum atomic E-state index is 1.17. The van der Waals surface area contributed by atoms with Gasteiger partial charge in [-0.1, -0.05) is 30.3 Å². The summed E-state index contributed by atoms with van der Waals surface area (Å²) in [5, 5.41) is 7.55. The number of benzene rings is 8. The van der Waals surface area contributed by atoms with Crippen molar-refractivity contribution in [2.45, 2.75) is 90.0 Å². The molecule has 0 N–H and O–H groups in total. The SMILES string of the molecule is Cc1ccc(N(c2ccc(C)c(C)c2)c2cc3c4cc(C)c(C)cc4c(N(c4ccc(C)c(C)c4)c4cc(C)c(C)c(C)c4)cc3c3cc(C)c(C)cc23)cc1C. The summed E-state index contributed by atoms with van der Waals surface area (Å²) in [4.78, 5) is 5.01. The zero-order valence-corrected chi connectivity index (χ0v) is 36.2. The van der Waals surface area contributed by atoms with Gasteiger partial charge < -0.3 is 9.80 Å². The van der Waals surface area contributed by atoms with Gasteiger partial charge in [-0.3, -0.25) is 0 Å². The van der Waals surface area contributed by atoms with Crippen LogP contribution in [0.4, 0.5) is 34.1 Å². The number of hydrogen-bond donors (Lipinski definition) is 0. The van der Waals surface area contributed by atoms with Gasteiger partial charge in [0.15, 0.2) is 0 Å². The molecule has 0 saturated carbocycles. The summed E-state index contributed by atoms with van der Waals surface area (Å²) in [6.45, 7) is 29.0. The molecule has 0 aliphatic rings. The lowest BCUT2D eigenvalue weighted by atomic mass is 9.90. The Labute approximate surface area is 340 Å². The molecule has 0 atom stereocenters.